The highest BCUT2D eigenvalue weighted by molar-refractivity contribution is 6.32. The second kappa shape index (κ2) is 20.6. The second-order valence-corrected chi connectivity index (χ2v) is 18.2. The van der Waals surface area contributed by atoms with Gasteiger partial charge in [0.1, 0.15) is 28.7 Å². The van der Waals surface area contributed by atoms with Crippen LogP contribution in [0.25, 0.3) is 44.8 Å². The van der Waals surface area contributed by atoms with Gasteiger partial charge in [-0.25, -0.2) is 9.59 Å². The van der Waals surface area contributed by atoms with Crippen molar-refractivity contribution in [1.82, 2.24) is 28.2 Å². The Kier molecular flexibility index (Phi) is 13.5. The van der Waals surface area contributed by atoms with Crippen LogP contribution < -0.4 is 35.8 Å². The Balaban J connectivity index is 0.996. The molecule has 6 aromatic carbocycles. The van der Waals surface area contributed by atoms with Crippen LogP contribution in [0.3, 0.4) is 0 Å². The molecule has 0 saturated carbocycles. The zero-order chi connectivity index (χ0) is 52.5. The average molecular weight is 1040 g/mol. The lowest BCUT2D eigenvalue weighted by molar-refractivity contribution is -0.113. The summed E-state index contributed by atoms with van der Waals surface area (Å²) in [5, 5.41) is 3.19. The van der Waals surface area contributed by atoms with Crippen LogP contribution in [0, 0.1) is 6.92 Å². The molecule has 2 amide bonds. The molecule has 0 saturated heterocycles. The quantitative estimate of drug-likeness (QED) is 0.0987. The Morgan fingerprint density at radius 2 is 1.13 bits per heavy atom. The van der Waals surface area contributed by atoms with Gasteiger partial charge in [0.15, 0.2) is 0 Å². The van der Waals surface area contributed by atoms with Gasteiger partial charge in [0.2, 0.25) is 5.91 Å². The lowest BCUT2D eigenvalue weighted by Gasteiger charge is -2.24. The van der Waals surface area contributed by atoms with Gasteiger partial charge in [-0.15, -0.1) is 0 Å². The van der Waals surface area contributed by atoms with E-state index in [0.717, 1.165) is 11.6 Å². The highest BCUT2D eigenvalue weighted by Gasteiger charge is 2.24. The minimum absolute atomic E-state index is 0.162. The first-order valence-corrected chi connectivity index (χ1v) is 24.1. The van der Waals surface area contributed by atoms with Crippen LogP contribution in [0.15, 0.2) is 199 Å². The third kappa shape index (κ3) is 9.80. The number of amides is 2. The topological polar surface area (TPSA) is 157 Å². The summed E-state index contributed by atoms with van der Waals surface area (Å²) >= 11 is 13.8. The molecular weight excluding hydrogens is 992 g/mol. The number of fused-ring (bicyclic) bond motifs is 2. The molecule has 10 rings (SSSR count). The van der Waals surface area contributed by atoms with E-state index in [2.05, 4.69) is 28.4 Å². The Labute approximate surface area is 439 Å². The zero-order valence-electron chi connectivity index (χ0n) is 40.5. The van der Waals surface area contributed by atoms with Gasteiger partial charge in [-0.2, -0.15) is 0 Å². The van der Waals surface area contributed by atoms with Gasteiger partial charge in [-0.05, 0) is 136 Å². The number of aryl methyl sites for hydroxylation is 1. The summed E-state index contributed by atoms with van der Waals surface area (Å²) in [5.74, 6) is 1.04. The summed E-state index contributed by atoms with van der Waals surface area (Å²) in [7, 11) is 0. The zero-order valence-corrected chi connectivity index (χ0v) is 42.0. The summed E-state index contributed by atoms with van der Waals surface area (Å²) in [4.78, 5) is 65.3. The molecule has 75 heavy (non-hydrogen) atoms. The number of halogens is 2. The van der Waals surface area contributed by atoms with E-state index in [1.54, 1.807) is 140 Å². The summed E-state index contributed by atoms with van der Waals surface area (Å²) in [5.41, 5.74) is 5.39. The van der Waals surface area contributed by atoms with Crippen molar-refractivity contribution in [3.63, 3.8) is 0 Å². The number of rotatable bonds is 15. The largest absolute Gasteiger partial charge is 0.491 e. The first kappa shape index (κ1) is 49.2. The normalized spacial score (nSPS) is 11.2. The van der Waals surface area contributed by atoms with Crippen LogP contribution in [0.5, 0.6) is 28.7 Å². The molecule has 4 aromatic heterocycles. The molecule has 0 radical (unpaired) electrons. The molecule has 0 aliphatic carbocycles. The monoisotopic (exact) mass is 1030 g/mol. The van der Waals surface area contributed by atoms with Gasteiger partial charge < -0.3 is 19.5 Å². The first-order chi connectivity index (χ1) is 36.3. The molecule has 4 heterocycles. The van der Waals surface area contributed by atoms with E-state index in [1.807, 2.05) is 45.0 Å². The number of imidazole rings is 2. The molecule has 0 unspecified atom stereocenters. The number of nitrogens with one attached hydrogen (secondary N) is 1. The van der Waals surface area contributed by atoms with Crippen molar-refractivity contribution in [2.75, 3.05) is 10.2 Å². The van der Waals surface area contributed by atoms with E-state index < -0.39 is 23.2 Å². The van der Waals surface area contributed by atoms with E-state index in [-0.39, 0.29) is 22.6 Å². The first-order valence-electron chi connectivity index (χ1n) is 23.4. The number of aromatic nitrogens is 6. The third-order valence-electron chi connectivity index (χ3n) is 11.9. The van der Waals surface area contributed by atoms with Crippen molar-refractivity contribution in [1.29, 1.82) is 0 Å². The van der Waals surface area contributed by atoms with Crippen molar-refractivity contribution in [2.45, 2.75) is 26.9 Å². The number of anilines is 3. The van der Waals surface area contributed by atoms with E-state index in [9.17, 15) is 19.2 Å². The Hall–Kier alpha value is -9.44. The predicted molar refractivity (Wildman–Crippen MR) is 293 cm³/mol. The van der Waals surface area contributed by atoms with Gasteiger partial charge >= 0.3 is 11.4 Å². The van der Waals surface area contributed by atoms with Crippen LogP contribution in [-0.2, 0) is 9.59 Å². The molecule has 0 atom stereocenters. The van der Waals surface area contributed by atoms with Crippen molar-refractivity contribution < 1.29 is 23.8 Å². The number of hydrogen-bond acceptors (Lipinski definition) is 9. The highest BCUT2D eigenvalue weighted by atomic mass is 35.5. The van der Waals surface area contributed by atoms with Crippen LogP contribution in [0.4, 0.5) is 17.1 Å². The number of hydrogen-bond donors (Lipinski definition) is 1. The second-order valence-electron chi connectivity index (χ2n) is 17.4. The molecule has 1 N–H and O–H groups in total. The van der Waals surface area contributed by atoms with Gasteiger partial charge in [-0.3, -0.25) is 42.7 Å². The minimum Gasteiger partial charge on any atom is -0.491 e. The van der Waals surface area contributed by atoms with Gasteiger partial charge in [0.05, 0.1) is 84.7 Å². The molecule has 17 heteroatoms. The lowest BCUT2D eigenvalue weighted by Crippen LogP contribution is -2.25. The van der Waals surface area contributed by atoms with E-state index in [1.165, 1.54) is 29.2 Å². The van der Waals surface area contributed by atoms with Crippen LogP contribution in [-0.4, -0.2) is 46.2 Å². The van der Waals surface area contributed by atoms with Crippen LogP contribution >= 0.6 is 23.2 Å². The van der Waals surface area contributed by atoms with E-state index in [4.69, 9.17) is 37.4 Å². The maximum atomic E-state index is 14.7. The van der Waals surface area contributed by atoms with Gasteiger partial charge in [-0.1, -0.05) is 60.6 Å². The predicted octanol–water partition coefficient (Wildman–Crippen LogP) is 12.6. The summed E-state index contributed by atoms with van der Waals surface area (Å²) in [6.45, 7) is 13.0. The average Bonchev–Trinajstić information content (AvgIpc) is 3.88. The molecule has 0 bridgehead atoms. The summed E-state index contributed by atoms with van der Waals surface area (Å²) < 4.78 is 24.8. The number of pyridine rings is 2. The molecule has 0 aliphatic heterocycles. The number of nitrogens with zero attached hydrogens (tertiary/aromatic N) is 7. The van der Waals surface area contributed by atoms with E-state index >= 15 is 0 Å². The van der Waals surface area contributed by atoms with Crippen molar-refractivity contribution in [3.05, 3.63) is 226 Å². The molecule has 0 aliphatic rings. The van der Waals surface area contributed by atoms with Crippen molar-refractivity contribution >= 4 is 74.1 Å². The number of carbonyl (C=O) groups excluding carboxylic acids is 2. The van der Waals surface area contributed by atoms with Crippen molar-refractivity contribution in [2.24, 2.45) is 0 Å². The Morgan fingerprint density at radius 1 is 0.587 bits per heavy atom. The fourth-order valence-electron chi connectivity index (χ4n) is 8.71. The maximum Gasteiger partial charge on any atom is 0.338 e. The number of benzene rings is 6. The molecule has 10 aromatic rings. The lowest BCUT2D eigenvalue weighted by atomic mass is 10.2. The third-order valence-corrected chi connectivity index (χ3v) is 12.5. The molecule has 0 fully saturated rings. The van der Waals surface area contributed by atoms with Crippen LogP contribution in [0.1, 0.15) is 19.4 Å². The molecule has 15 nitrogen and oxygen atoms in total. The van der Waals surface area contributed by atoms with E-state index in [0.29, 0.717) is 84.1 Å². The summed E-state index contributed by atoms with van der Waals surface area (Å²) in [6, 6.07) is 40.0. The Bertz CT molecular complexity index is 4040. The summed E-state index contributed by atoms with van der Waals surface area (Å²) in [6.07, 6.45) is 8.44. The minimum atomic E-state index is -0.490. The fourth-order valence-corrected chi connectivity index (χ4v) is 9.14. The molecular formula is C58H44Cl2N8O7. The van der Waals surface area contributed by atoms with Gasteiger partial charge in [0, 0.05) is 36.3 Å². The maximum absolute atomic E-state index is 14.7. The smallest absolute Gasteiger partial charge is 0.338 e. The van der Waals surface area contributed by atoms with Crippen molar-refractivity contribution in [3.8, 4) is 51.5 Å². The molecule has 0 spiro atoms. The number of carbonyl (C=O) groups is 2. The molecule has 372 valence electrons. The standard InChI is InChI=1S/C58H44Cl2N8O7/c1-6-55(69)63-37-12-9-13-38(26-37)65-49-21-23-61-33-51(49)67(57(65)71)42-18-20-54(48(60)31-42)75-46-29-43(28-45(32-46)73-35(3)4)64(56(70)7-2)39-14-10-15-40(27-39)66-50-22-24-62-34-52(50)68(58(66)72)41-17-19-53(47(59)30-41)74-44-16-8-11-36(5)25-44/h6-35H,1-2H2,3-5H3,(H,63,69). The number of ether oxygens (including phenoxy) is 3. The van der Waals surface area contributed by atoms with Crippen LogP contribution in [0.2, 0.25) is 10.0 Å². The highest BCUT2D eigenvalue weighted by Crippen LogP contribution is 2.39. The SMILES string of the molecule is C=CC(=O)Nc1cccc(-n2c(=O)n(-c3ccc(Oc4cc(OC(C)C)cc(N(C(=O)C=C)c5cccc(-n6c(=O)n(-c7ccc(Oc8cccc(C)c8)c(Cl)c7)c7cnccc76)c5)c4)c(Cl)c3)c3cnccc32)c1. The fraction of sp³-hybridized carbons (Fsp3) is 0.0690. The van der Waals surface area contributed by atoms with Gasteiger partial charge in [0.25, 0.3) is 5.91 Å². The Morgan fingerprint density at radius 3 is 1.71 bits per heavy atom.